The van der Waals surface area contributed by atoms with Crippen molar-refractivity contribution < 1.29 is 23.8 Å². The van der Waals surface area contributed by atoms with Crippen LogP contribution in [0.15, 0.2) is 18.2 Å². The zero-order valence-corrected chi connectivity index (χ0v) is 14.1. The highest BCUT2D eigenvalue weighted by Gasteiger charge is 2.19. The smallest absolute Gasteiger partial charge is 0.412 e. The Labute approximate surface area is 136 Å². The zero-order chi connectivity index (χ0) is 17.6. The quantitative estimate of drug-likeness (QED) is 0.804. The van der Waals surface area contributed by atoms with Gasteiger partial charge in [-0.2, -0.15) is 0 Å². The molecule has 0 saturated carbocycles. The SMILES string of the molecule is COC(=O)[C@@H](N)Cc1ccc(OC)c(NC(=O)OC(C)(C)C)c1. The summed E-state index contributed by atoms with van der Waals surface area (Å²) in [6.45, 7) is 5.32. The predicted molar refractivity (Wildman–Crippen MR) is 86.5 cm³/mol. The lowest BCUT2D eigenvalue weighted by Crippen LogP contribution is -2.33. The molecule has 128 valence electrons. The van der Waals surface area contributed by atoms with Gasteiger partial charge in [0.25, 0.3) is 0 Å². The van der Waals surface area contributed by atoms with Crippen LogP contribution in [0.4, 0.5) is 10.5 Å². The van der Waals surface area contributed by atoms with Gasteiger partial charge in [-0.25, -0.2) is 4.79 Å². The van der Waals surface area contributed by atoms with Crippen LogP contribution in [-0.2, 0) is 20.7 Å². The summed E-state index contributed by atoms with van der Waals surface area (Å²) in [7, 11) is 2.78. The highest BCUT2D eigenvalue weighted by molar-refractivity contribution is 5.87. The number of rotatable bonds is 5. The van der Waals surface area contributed by atoms with Gasteiger partial charge in [0.05, 0.1) is 19.9 Å². The molecule has 0 fully saturated rings. The molecule has 0 unspecified atom stereocenters. The Morgan fingerprint density at radius 1 is 1.26 bits per heavy atom. The van der Waals surface area contributed by atoms with Crippen LogP contribution >= 0.6 is 0 Å². The molecule has 1 amide bonds. The summed E-state index contributed by atoms with van der Waals surface area (Å²) in [4.78, 5) is 23.3. The lowest BCUT2D eigenvalue weighted by Gasteiger charge is -2.20. The van der Waals surface area contributed by atoms with Gasteiger partial charge in [0.1, 0.15) is 17.4 Å². The Bertz CT molecular complexity index is 566. The molecule has 23 heavy (non-hydrogen) atoms. The maximum Gasteiger partial charge on any atom is 0.412 e. The van der Waals surface area contributed by atoms with Crippen molar-refractivity contribution in [2.75, 3.05) is 19.5 Å². The van der Waals surface area contributed by atoms with Gasteiger partial charge in [-0.1, -0.05) is 6.07 Å². The van der Waals surface area contributed by atoms with Crippen LogP contribution in [0.3, 0.4) is 0 Å². The standard InChI is InChI=1S/C16H24N2O5/c1-16(2,3)23-15(20)18-12-9-10(6-7-13(12)21-4)8-11(17)14(19)22-5/h6-7,9,11H,8,17H2,1-5H3,(H,18,20)/t11-/m0/s1. The van der Waals surface area contributed by atoms with E-state index in [1.165, 1.54) is 14.2 Å². The molecule has 1 rings (SSSR count). The first-order valence-corrected chi connectivity index (χ1v) is 7.16. The van der Waals surface area contributed by atoms with E-state index in [-0.39, 0.29) is 6.42 Å². The fraction of sp³-hybridized carbons (Fsp3) is 0.500. The first-order chi connectivity index (χ1) is 10.7. The van der Waals surface area contributed by atoms with E-state index in [0.717, 1.165) is 5.56 Å². The monoisotopic (exact) mass is 324 g/mol. The number of hydrogen-bond donors (Lipinski definition) is 2. The number of esters is 1. The molecule has 0 bridgehead atoms. The van der Waals surface area contributed by atoms with E-state index < -0.39 is 23.7 Å². The van der Waals surface area contributed by atoms with E-state index in [9.17, 15) is 9.59 Å². The molecular formula is C16H24N2O5. The van der Waals surface area contributed by atoms with Crippen molar-refractivity contribution in [1.29, 1.82) is 0 Å². The maximum atomic E-state index is 11.9. The second kappa shape index (κ2) is 7.82. The molecule has 0 aliphatic rings. The topological polar surface area (TPSA) is 99.9 Å². The number of methoxy groups -OCH3 is 2. The second-order valence-corrected chi connectivity index (χ2v) is 6.00. The minimum atomic E-state index is -0.775. The molecule has 1 aromatic rings. The van der Waals surface area contributed by atoms with Crippen molar-refractivity contribution in [1.82, 2.24) is 0 Å². The van der Waals surface area contributed by atoms with Crippen LogP contribution in [0, 0.1) is 0 Å². The molecule has 0 heterocycles. The van der Waals surface area contributed by atoms with Gasteiger partial charge in [0.2, 0.25) is 0 Å². The van der Waals surface area contributed by atoms with E-state index in [2.05, 4.69) is 10.1 Å². The van der Waals surface area contributed by atoms with Crippen molar-refractivity contribution in [3.8, 4) is 5.75 Å². The van der Waals surface area contributed by atoms with Crippen LogP contribution in [0.5, 0.6) is 5.75 Å². The van der Waals surface area contributed by atoms with E-state index in [0.29, 0.717) is 11.4 Å². The molecule has 0 aliphatic carbocycles. The number of carbonyl (C=O) groups excluding carboxylic acids is 2. The number of benzene rings is 1. The van der Waals surface area contributed by atoms with E-state index in [1.807, 2.05) is 0 Å². The minimum Gasteiger partial charge on any atom is -0.495 e. The highest BCUT2D eigenvalue weighted by Crippen LogP contribution is 2.26. The Kier molecular flexibility index (Phi) is 6.38. The molecule has 1 atom stereocenters. The number of nitrogens with one attached hydrogen (secondary N) is 1. The maximum absolute atomic E-state index is 11.9. The largest absolute Gasteiger partial charge is 0.495 e. The molecule has 0 spiro atoms. The molecule has 7 heteroatoms. The average molecular weight is 324 g/mol. The summed E-state index contributed by atoms with van der Waals surface area (Å²) in [6, 6.07) is 4.36. The Hall–Kier alpha value is -2.28. The summed E-state index contributed by atoms with van der Waals surface area (Å²) < 4.78 is 15.0. The lowest BCUT2D eigenvalue weighted by molar-refractivity contribution is -0.142. The number of hydrogen-bond acceptors (Lipinski definition) is 6. The molecule has 0 aromatic heterocycles. The fourth-order valence-corrected chi connectivity index (χ4v) is 1.88. The predicted octanol–water partition coefficient (Wildman–Crippen LogP) is 2.08. The molecule has 0 aliphatic heterocycles. The molecule has 1 aromatic carbocycles. The molecule has 0 radical (unpaired) electrons. The highest BCUT2D eigenvalue weighted by atomic mass is 16.6. The molecule has 0 saturated heterocycles. The van der Waals surface area contributed by atoms with Crippen molar-refractivity contribution in [3.63, 3.8) is 0 Å². The van der Waals surface area contributed by atoms with Crippen LogP contribution < -0.4 is 15.8 Å². The number of ether oxygens (including phenoxy) is 3. The zero-order valence-electron chi connectivity index (χ0n) is 14.1. The fourth-order valence-electron chi connectivity index (χ4n) is 1.88. The van der Waals surface area contributed by atoms with Gasteiger partial charge in [-0.3, -0.25) is 10.1 Å². The number of anilines is 1. The number of amides is 1. The Balaban J connectivity index is 2.91. The van der Waals surface area contributed by atoms with E-state index >= 15 is 0 Å². The summed E-state index contributed by atoms with van der Waals surface area (Å²) in [6.07, 6.45) is -0.315. The lowest BCUT2D eigenvalue weighted by atomic mass is 10.1. The van der Waals surface area contributed by atoms with Crippen LogP contribution in [0.25, 0.3) is 0 Å². The summed E-state index contributed by atoms with van der Waals surface area (Å²) in [5.74, 6) is -0.0197. The van der Waals surface area contributed by atoms with E-state index in [1.54, 1.807) is 39.0 Å². The second-order valence-electron chi connectivity index (χ2n) is 6.00. The van der Waals surface area contributed by atoms with Gasteiger partial charge in [0.15, 0.2) is 0 Å². The summed E-state index contributed by atoms with van der Waals surface area (Å²) in [5, 5.41) is 2.63. The third-order valence-electron chi connectivity index (χ3n) is 2.86. The average Bonchev–Trinajstić information content (AvgIpc) is 2.44. The summed E-state index contributed by atoms with van der Waals surface area (Å²) in [5.41, 5.74) is 6.34. The first-order valence-electron chi connectivity index (χ1n) is 7.16. The molecule has 7 nitrogen and oxygen atoms in total. The Morgan fingerprint density at radius 3 is 2.43 bits per heavy atom. The van der Waals surface area contributed by atoms with Crippen molar-refractivity contribution in [3.05, 3.63) is 23.8 Å². The normalized spacial score (nSPS) is 12.3. The van der Waals surface area contributed by atoms with Crippen LogP contribution in [-0.4, -0.2) is 37.9 Å². The van der Waals surface area contributed by atoms with Crippen LogP contribution in [0.2, 0.25) is 0 Å². The van der Waals surface area contributed by atoms with Crippen LogP contribution in [0.1, 0.15) is 26.3 Å². The van der Waals surface area contributed by atoms with Crippen molar-refractivity contribution >= 4 is 17.7 Å². The minimum absolute atomic E-state index is 0.277. The number of nitrogens with two attached hydrogens (primary N) is 1. The third kappa shape index (κ3) is 6.15. The molecule has 3 N–H and O–H groups in total. The first kappa shape index (κ1) is 18.8. The molecular weight excluding hydrogens is 300 g/mol. The van der Waals surface area contributed by atoms with E-state index in [4.69, 9.17) is 15.2 Å². The van der Waals surface area contributed by atoms with Gasteiger partial charge in [-0.15, -0.1) is 0 Å². The Morgan fingerprint density at radius 2 is 1.91 bits per heavy atom. The summed E-state index contributed by atoms with van der Waals surface area (Å²) >= 11 is 0. The van der Waals surface area contributed by atoms with Gasteiger partial charge >= 0.3 is 12.1 Å². The third-order valence-corrected chi connectivity index (χ3v) is 2.86. The van der Waals surface area contributed by atoms with Gasteiger partial charge < -0.3 is 19.9 Å². The van der Waals surface area contributed by atoms with Gasteiger partial charge in [0, 0.05) is 0 Å². The number of carbonyl (C=O) groups is 2. The van der Waals surface area contributed by atoms with Gasteiger partial charge in [-0.05, 0) is 44.9 Å². The van der Waals surface area contributed by atoms with Crippen molar-refractivity contribution in [2.24, 2.45) is 5.73 Å². The van der Waals surface area contributed by atoms with Crippen molar-refractivity contribution in [2.45, 2.75) is 38.8 Å².